The SMILES string of the molecule is CC[C@H](C(C)C)N(C)C(=O)[C@@H](NC(=O)[C@@H](N(C)C(=O)OC(C)(C)C)C(C)(C)c1ccccc1)C(C)(C)C. The topological polar surface area (TPSA) is 79.0 Å². The average Bonchev–Trinajstić information content (AvgIpc) is 2.75. The zero-order valence-corrected chi connectivity index (χ0v) is 25.4. The molecule has 0 saturated carbocycles. The van der Waals surface area contributed by atoms with Gasteiger partial charge in [0.25, 0.3) is 0 Å². The van der Waals surface area contributed by atoms with Crippen LogP contribution in [0.5, 0.6) is 0 Å². The molecule has 0 radical (unpaired) electrons. The summed E-state index contributed by atoms with van der Waals surface area (Å²) in [5.41, 5.74) is -1.16. The number of carbonyl (C=O) groups excluding carboxylic acids is 3. The van der Waals surface area contributed by atoms with Crippen molar-refractivity contribution in [2.75, 3.05) is 14.1 Å². The number of ether oxygens (including phenoxy) is 1. The molecule has 210 valence electrons. The van der Waals surface area contributed by atoms with E-state index in [9.17, 15) is 14.4 Å². The minimum atomic E-state index is -0.931. The lowest BCUT2D eigenvalue weighted by Gasteiger charge is -2.42. The molecule has 3 atom stereocenters. The van der Waals surface area contributed by atoms with E-state index in [1.54, 1.807) is 39.8 Å². The summed E-state index contributed by atoms with van der Waals surface area (Å²) in [5.74, 6) is -0.266. The van der Waals surface area contributed by atoms with Crippen LogP contribution >= 0.6 is 0 Å². The van der Waals surface area contributed by atoms with Crippen LogP contribution in [0.4, 0.5) is 4.79 Å². The highest BCUT2D eigenvalue weighted by molar-refractivity contribution is 5.93. The van der Waals surface area contributed by atoms with Gasteiger partial charge in [-0.2, -0.15) is 0 Å². The van der Waals surface area contributed by atoms with Gasteiger partial charge >= 0.3 is 6.09 Å². The molecule has 7 heteroatoms. The van der Waals surface area contributed by atoms with E-state index in [0.29, 0.717) is 0 Å². The lowest BCUT2D eigenvalue weighted by molar-refractivity contribution is -0.142. The van der Waals surface area contributed by atoms with Gasteiger partial charge in [-0.1, -0.05) is 85.7 Å². The van der Waals surface area contributed by atoms with Gasteiger partial charge in [-0.3, -0.25) is 14.5 Å². The fourth-order valence-electron chi connectivity index (χ4n) is 4.88. The molecule has 0 unspecified atom stereocenters. The van der Waals surface area contributed by atoms with E-state index in [0.717, 1.165) is 12.0 Å². The summed E-state index contributed by atoms with van der Waals surface area (Å²) >= 11 is 0. The molecule has 7 nitrogen and oxygen atoms in total. The van der Waals surface area contributed by atoms with Crippen molar-refractivity contribution in [3.05, 3.63) is 35.9 Å². The molecule has 3 amide bonds. The minimum Gasteiger partial charge on any atom is -0.444 e. The number of carbonyl (C=O) groups is 3. The first-order valence-corrected chi connectivity index (χ1v) is 13.3. The third kappa shape index (κ3) is 8.47. The molecule has 0 spiro atoms. The van der Waals surface area contributed by atoms with Crippen molar-refractivity contribution in [1.29, 1.82) is 0 Å². The summed E-state index contributed by atoms with van der Waals surface area (Å²) in [7, 11) is 3.38. The summed E-state index contributed by atoms with van der Waals surface area (Å²) in [6, 6.07) is 7.96. The van der Waals surface area contributed by atoms with E-state index >= 15 is 0 Å². The molecular weight excluding hydrogens is 466 g/mol. The normalized spacial score (nSPS) is 15.0. The van der Waals surface area contributed by atoms with Gasteiger partial charge in [0.15, 0.2) is 0 Å². The summed E-state index contributed by atoms with van der Waals surface area (Å²) < 4.78 is 5.62. The molecule has 0 aliphatic carbocycles. The Labute approximate surface area is 225 Å². The van der Waals surface area contributed by atoms with Crippen LogP contribution in [0.2, 0.25) is 0 Å². The van der Waals surface area contributed by atoms with Gasteiger partial charge in [0.1, 0.15) is 17.7 Å². The number of likely N-dealkylation sites (N-methyl/N-ethyl adjacent to an activating group) is 2. The molecule has 0 aliphatic heterocycles. The Kier molecular flexibility index (Phi) is 10.8. The maximum Gasteiger partial charge on any atom is 0.410 e. The summed E-state index contributed by atoms with van der Waals surface area (Å²) in [6.45, 7) is 21.3. The second-order valence-electron chi connectivity index (χ2n) is 13.1. The van der Waals surface area contributed by atoms with Crippen LogP contribution in [-0.2, 0) is 19.7 Å². The second-order valence-corrected chi connectivity index (χ2v) is 13.1. The Morgan fingerprint density at radius 2 is 1.41 bits per heavy atom. The quantitative estimate of drug-likeness (QED) is 0.461. The highest BCUT2D eigenvalue weighted by Crippen LogP contribution is 2.32. The molecule has 1 aromatic carbocycles. The monoisotopic (exact) mass is 517 g/mol. The number of benzene rings is 1. The zero-order chi connectivity index (χ0) is 28.9. The van der Waals surface area contributed by atoms with Gasteiger partial charge in [-0.25, -0.2) is 4.79 Å². The van der Waals surface area contributed by atoms with E-state index < -0.39 is 40.5 Å². The van der Waals surface area contributed by atoms with Crippen molar-refractivity contribution in [3.63, 3.8) is 0 Å². The highest BCUT2D eigenvalue weighted by Gasteiger charge is 2.45. The van der Waals surface area contributed by atoms with Crippen LogP contribution in [-0.4, -0.2) is 65.5 Å². The lowest BCUT2D eigenvalue weighted by Crippen LogP contribution is -2.63. The molecule has 1 aromatic rings. The molecule has 0 saturated heterocycles. The van der Waals surface area contributed by atoms with Crippen molar-refractivity contribution in [1.82, 2.24) is 15.1 Å². The number of amides is 3. The number of hydrogen-bond acceptors (Lipinski definition) is 4. The zero-order valence-electron chi connectivity index (χ0n) is 25.4. The third-order valence-electron chi connectivity index (χ3n) is 6.95. The fourth-order valence-corrected chi connectivity index (χ4v) is 4.88. The highest BCUT2D eigenvalue weighted by atomic mass is 16.6. The fraction of sp³-hybridized carbons (Fsp3) is 0.700. The summed E-state index contributed by atoms with van der Waals surface area (Å²) in [6.07, 6.45) is 0.216. The maximum absolute atomic E-state index is 14.1. The number of rotatable bonds is 9. The molecule has 1 rings (SSSR count). The van der Waals surface area contributed by atoms with Gasteiger partial charge in [-0.05, 0) is 44.1 Å². The van der Waals surface area contributed by atoms with Crippen LogP contribution in [0.25, 0.3) is 0 Å². The first-order chi connectivity index (χ1) is 16.8. The number of hydrogen-bond donors (Lipinski definition) is 1. The van der Waals surface area contributed by atoms with Crippen LogP contribution in [0.15, 0.2) is 30.3 Å². The largest absolute Gasteiger partial charge is 0.444 e. The molecule has 0 heterocycles. The lowest BCUT2D eigenvalue weighted by atomic mass is 9.76. The number of nitrogens with zero attached hydrogens (tertiary/aromatic N) is 2. The Morgan fingerprint density at radius 3 is 1.81 bits per heavy atom. The van der Waals surface area contributed by atoms with E-state index in [-0.39, 0.29) is 17.9 Å². The van der Waals surface area contributed by atoms with E-state index in [1.165, 1.54) is 4.90 Å². The maximum atomic E-state index is 14.1. The average molecular weight is 518 g/mol. The Balaban J connectivity index is 3.52. The Bertz CT molecular complexity index is 913. The van der Waals surface area contributed by atoms with E-state index in [1.807, 2.05) is 65.0 Å². The smallest absolute Gasteiger partial charge is 0.410 e. The van der Waals surface area contributed by atoms with Crippen molar-refractivity contribution >= 4 is 17.9 Å². The Morgan fingerprint density at radius 1 is 0.892 bits per heavy atom. The van der Waals surface area contributed by atoms with Crippen LogP contribution in [0.1, 0.15) is 88.1 Å². The van der Waals surface area contributed by atoms with Gasteiger partial charge in [0.05, 0.1) is 0 Å². The molecule has 1 N–H and O–H groups in total. The molecular formula is C30H51N3O4. The predicted molar refractivity (Wildman–Crippen MR) is 150 cm³/mol. The number of nitrogens with one attached hydrogen (secondary N) is 1. The molecule has 0 aromatic heterocycles. The first kappa shape index (κ1) is 32.5. The second kappa shape index (κ2) is 12.3. The minimum absolute atomic E-state index is 0.0512. The van der Waals surface area contributed by atoms with Crippen LogP contribution < -0.4 is 5.32 Å². The molecule has 37 heavy (non-hydrogen) atoms. The molecule has 0 fully saturated rings. The predicted octanol–water partition coefficient (Wildman–Crippen LogP) is 5.62. The summed E-state index contributed by atoms with van der Waals surface area (Å²) in [5, 5.41) is 3.05. The van der Waals surface area contributed by atoms with Crippen molar-refractivity contribution < 1.29 is 19.1 Å². The Hall–Kier alpha value is -2.57. The van der Waals surface area contributed by atoms with Gasteiger partial charge < -0.3 is 15.0 Å². The third-order valence-corrected chi connectivity index (χ3v) is 6.95. The van der Waals surface area contributed by atoms with E-state index in [2.05, 4.69) is 26.1 Å². The van der Waals surface area contributed by atoms with Crippen molar-refractivity contribution in [2.45, 2.75) is 112 Å². The van der Waals surface area contributed by atoms with Gasteiger partial charge in [-0.15, -0.1) is 0 Å². The standard InChI is InChI=1S/C30H51N3O4/c1-14-22(20(2)3)32(12)26(35)23(28(4,5)6)31-25(34)24(33(13)27(36)37-29(7,8)9)30(10,11)21-18-16-15-17-19-21/h15-20,22-24H,14H2,1-13H3,(H,31,34)/t22-,23-,24-/m1/s1. The van der Waals surface area contributed by atoms with Crippen molar-refractivity contribution in [2.24, 2.45) is 11.3 Å². The summed E-state index contributed by atoms with van der Waals surface area (Å²) in [4.78, 5) is 44.1. The van der Waals surface area contributed by atoms with Gasteiger partial charge in [0.2, 0.25) is 11.8 Å². The first-order valence-electron chi connectivity index (χ1n) is 13.3. The van der Waals surface area contributed by atoms with Gasteiger partial charge in [0, 0.05) is 25.6 Å². The molecule has 0 aliphatic rings. The molecule has 0 bridgehead atoms. The van der Waals surface area contributed by atoms with Crippen LogP contribution in [0.3, 0.4) is 0 Å². The van der Waals surface area contributed by atoms with E-state index in [4.69, 9.17) is 4.74 Å². The van der Waals surface area contributed by atoms with Crippen LogP contribution in [0, 0.1) is 11.3 Å². The van der Waals surface area contributed by atoms with Crippen molar-refractivity contribution in [3.8, 4) is 0 Å².